The van der Waals surface area contributed by atoms with Gasteiger partial charge in [-0.1, -0.05) is 382 Å². The summed E-state index contributed by atoms with van der Waals surface area (Å²) in [4.78, 5) is 35.4. The molecule has 0 aliphatic rings. The quantitative estimate of drug-likeness (QED) is 0.0264. The molecular formula is C79H146NO8P. The Labute approximate surface area is 552 Å². The number of hydrogen-bond donors (Lipinski definition) is 2. The van der Waals surface area contributed by atoms with Gasteiger partial charge < -0.3 is 20.1 Å². The minimum absolute atomic E-state index is 0.0504. The van der Waals surface area contributed by atoms with Gasteiger partial charge in [-0.15, -0.1) is 0 Å². The van der Waals surface area contributed by atoms with Gasteiger partial charge in [0.15, 0.2) is 6.10 Å². The van der Waals surface area contributed by atoms with Crippen LogP contribution in [0.1, 0.15) is 386 Å². The van der Waals surface area contributed by atoms with Crippen LogP contribution in [0.5, 0.6) is 0 Å². The van der Waals surface area contributed by atoms with Crippen LogP contribution in [-0.2, 0) is 32.7 Å². The van der Waals surface area contributed by atoms with Gasteiger partial charge in [0.1, 0.15) is 6.61 Å². The Bertz CT molecular complexity index is 1690. The topological polar surface area (TPSA) is 134 Å². The van der Waals surface area contributed by atoms with Gasteiger partial charge in [0.2, 0.25) is 0 Å². The number of ether oxygens (including phenoxy) is 2. The highest BCUT2D eigenvalue weighted by atomic mass is 31.2. The molecule has 520 valence electrons. The summed E-state index contributed by atoms with van der Waals surface area (Å²) >= 11 is 0. The van der Waals surface area contributed by atoms with Crippen molar-refractivity contribution < 1.29 is 37.6 Å². The molecule has 0 spiro atoms. The Morgan fingerprint density at radius 2 is 0.618 bits per heavy atom. The van der Waals surface area contributed by atoms with Crippen molar-refractivity contribution in [1.29, 1.82) is 0 Å². The average Bonchev–Trinajstić information content (AvgIpc) is 3.64. The molecule has 0 radical (unpaired) electrons. The van der Waals surface area contributed by atoms with Gasteiger partial charge in [0.05, 0.1) is 13.2 Å². The Morgan fingerprint density at radius 3 is 0.921 bits per heavy atom. The fourth-order valence-electron chi connectivity index (χ4n) is 11.5. The lowest BCUT2D eigenvalue weighted by molar-refractivity contribution is -0.161. The predicted molar refractivity (Wildman–Crippen MR) is 386 cm³/mol. The second kappa shape index (κ2) is 74.5. The van der Waals surface area contributed by atoms with Crippen molar-refractivity contribution in [3.05, 3.63) is 72.9 Å². The van der Waals surface area contributed by atoms with Gasteiger partial charge in [-0.25, -0.2) is 4.57 Å². The van der Waals surface area contributed by atoms with Crippen molar-refractivity contribution >= 4 is 19.8 Å². The van der Waals surface area contributed by atoms with Crippen LogP contribution in [0.4, 0.5) is 0 Å². The number of hydrogen-bond acceptors (Lipinski definition) is 8. The number of nitrogens with two attached hydrogens (primary N) is 1. The van der Waals surface area contributed by atoms with Crippen LogP contribution in [0.15, 0.2) is 72.9 Å². The van der Waals surface area contributed by atoms with E-state index in [2.05, 4.69) is 86.8 Å². The largest absolute Gasteiger partial charge is 0.472 e. The van der Waals surface area contributed by atoms with Crippen molar-refractivity contribution in [2.24, 2.45) is 5.73 Å². The molecule has 0 aromatic rings. The standard InChI is InChI=1S/C79H146NO8P/c1-3-5-7-9-11-13-15-17-19-21-23-25-27-29-31-32-33-34-35-36-37-38-39-40-41-42-43-44-46-47-49-51-53-55-57-59-61-63-65-67-69-71-78(81)85-75-77(76-87-89(83,84)86-74-73-80)88-79(82)72-70-68-66-64-62-60-58-56-54-52-50-48-45-30-28-26-24-22-20-18-16-14-12-10-8-6-4-2/h6,8,12,14,18,20,24,26,30,45,50,52,77H,3-5,7,9-11,13,15-17,19,21-23,25,27-29,31-44,46-49,51,53-76,80H2,1-2H3,(H,83,84)/b8-6-,14-12-,20-18-,26-24-,45-30-,52-50-. The average molecular weight is 1270 g/mol. The highest BCUT2D eigenvalue weighted by Gasteiger charge is 2.26. The molecule has 89 heavy (non-hydrogen) atoms. The molecule has 10 heteroatoms. The minimum Gasteiger partial charge on any atom is -0.462 e. The normalized spacial score (nSPS) is 13.3. The Kier molecular flexibility index (Phi) is 72.4. The zero-order chi connectivity index (χ0) is 64.4. The van der Waals surface area contributed by atoms with Crippen LogP contribution in [0.2, 0.25) is 0 Å². The molecule has 0 aromatic heterocycles. The first-order chi connectivity index (χ1) is 43.8. The van der Waals surface area contributed by atoms with Crippen LogP contribution in [0.3, 0.4) is 0 Å². The zero-order valence-corrected chi connectivity index (χ0v) is 59.6. The van der Waals surface area contributed by atoms with E-state index in [1.54, 1.807) is 0 Å². The highest BCUT2D eigenvalue weighted by molar-refractivity contribution is 7.47. The van der Waals surface area contributed by atoms with E-state index in [0.29, 0.717) is 6.42 Å². The van der Waals surface area contributed by atoms with E-state index in [1.165, 1.54) is 270 Å². The molecule has 3 N–H and O–H groups in total. The van der Waals surface area contributed by atoms with E-state index < -0.39 is 26.5 Å². The molecule has 0 bridgehead atoms. The number of phosphoric ester groups is 1. The van der Waals surface area contributed by atoms with Gasteiger partial charge in [0.25, 0.3) is 0 Å². The third-order valence-electron chi connectivity index (χ3n) is 17.1. The third kappa shape index (κ3) is 74.4. The lowest BCUT2D eigenvalue weighted by Gasteiger charge is -2.19. The van der Waals surface area contributed by atoms with E-state index >= 15 is 0 Å². The Morgan fingerprint density at radius 1 is 0.348 bits per heavy atom. The summed E-state index contributed by atoms with van der Waals surface area (Å²) in [5.41, 5.74) is 5.41. The van der Waals surface area contributed by atoms with Crippen molar-refractivity contribution in [3.8, 4) is 0 Å². The number of phosphoric acid groups is 1. The third-order valence-corrected chi connectivity index (χ3v) is 18.1. The fourth-order valence-corrected chi connectivity index (χ4v) is 12.2. The number of esters is 2. The molecule has 0 aliphatic heterocycles. The SMILES string of the molecule is CC/C=C\C/C=C\C/C=C\C/C=C\C/C=C\C/C=C\CCCCCCCCCCC(=O)OC(COC(=O)CCCCCCCCCCCCCCCCCCCCCCCCCCCCCCCCCCCCCCCCCCC)COP(=O)(O)OCCN. The summed E-state index contributed by atoms with van der Waals surface area (Å²) in [5.74, 6) is -0.824. The van der Waals surface area contributed by atoms with Gasteiger partial charge in [-0.05, 0) is 64.2 Å². The Balaban J connectivity index is 3.77. The maximum Gasteiger partial charge on any atom is 0.472 e. The molecular weight excluding hydrogens is 1120 g/mol. The first-order valence-electron chi connectivity index (χ1n) is 38.4. The summed E-state index contributed by atoms with van der Waals surface area (Å²) in [6.45, 7) is 3.68. The molecule has 0 rings (SSSR count). The minimum atomic E-state index is -4.40. The molecule has 0 amide bonds. The molecule has 2 unspecified atom stereocenters. The first-order valence-corrected chi connectivity index (χ1v) is 39.9. The maximum absolute atomic E-state index is 12.8. The predicted octanol–water partition coefficient (Wildman–Crippen LogP) is 25.5. The lowest BCUT2D eigenvalue weighted by Crippen LogP contribution is -2.29. The summed E-state index contributed by atoms with van der Waals surface area (Å²) in [6.07, 6.45) is 99.0. The number of carbonyl (C=O) groups is 2. The number of rotatable bonds is 73. The molecule has 9 nitrogen and oxygen atoms in total. The smallest absolute Gasteiger partial charge is 0.462 e. The maximum atomic E-state index is 12.8. The zero-order valence-electron chi connectivity index (χ0n) is 58.7. The van der Waals surface area contributed by atoms with E-state index in [0.717, 1.165) is 83.5 Å². The molecule has 0 aliphatic carbocycles. The van der Waals surface area contributed by atoms with Crippen LogP contribution in [0, 0.1) is 0 Å². The monoisotopic (exact) mass is 1270 g/mol. The molecule has 0 heterocycles. The second-order valence-electron chi connectivity index (χ2n) is 25.9. The first kappa shape index (κ1) is 86.5. The second-order valence-corrected chi connectivity index (χ2v) is 27.3. The van der Waals surface area contributed by atoms with Gasteiger partial charge in [-0.2, -0.15) is 0 Å². The number of allylic oxidation sites excluding steroid dienone is 12. The van der Waals surface area contributed by atoms with Gasteiger partial charge >= 0.3 is 19.8 Å². The van der Waals surface area contributed by atoms with E-state index in [1.807, 2.05) is 0 Å². The van der Waals surface area contributed by atoms with Gasteiger partial charge in [-0.3, -0.25) is 18.6 Å². The van der Waals surface area contributed by atoms with E-state index in [9.17, 15) is 19.0 Å². The molecule has 2 atom stereocenters. The van der Waals surface area contributed by atoms with Crippen LogP contribution >= 0.6 is 7.82 Å². The highest BCUT2D eigenvalue weighted by Crippen LogP contribution is 2.43. The summed E-state index contributed by atoms with van der Waals surface area (Å²) < 4.78 is 33.2. The number of carbonyl (C=O) groups excluding carboxylic acids is 2. The van der Waals surface area contributed by atoms with Crippen LogP contribution < -0.4 is 5.73 Å². The summed E-state index contributed by atoms with van der Waals surface area (Å²) in [7, 11) is -4.40. The number of unbranched alkanes of at least 4 members (excludes halogenated alkanes) is 48. The molecule has 0 saturated carbocycles. The van der Waals surface area contributed by atoms with Gasteiger partial charge in [0, 0.05) is 19.4 Å². The fraction of sp³-hybridized carbons (Fsp3) is 0.823. The molecule has 0 fully saturated rings. The van der Waals surface area contributed by atoms with Crippen LogP contribution in [-0.4, -0.2) is 49.3 Å². The molecule has 0 saturated heterocycles. The van der Waals surface area contributed by atoms with Crippen molar-refractivity contribution in [2.45, 2.75) is 392 Å². The molecule has 0 aromatic carbocycles. The van der Waals surface area contributed by atoms with Crippen molar-refractivity contribution in [3.63, 3.8) is 0 Å². The van der Waals surface area contributed by atoms with Crippen LogP contribution in [0.25, 0.3) is 0 Å². The van der Waals surface area contributed by atoms with Crippen molar-refractivity contribution in [2.75, 3.05) is 26.4 Å². The van der Waals surface area contributed by atoms with E-state index in [4.69, 9.17) is 24.3 Å². The summed E-state index contributed by atoms with van der Waals surface area (Å²) in [5, 5.41) is 0. The lowest BCUT2D eigenvalue weighted by atomic mass is 10.0. The Hall–Kier alpha value is -2.55. The van der Waals surface area contributed by atoms with Crippen molar-refractivity contribution in [1.82, 2.24) is 0 Å². The summed E-state index contributed by atoms with van der Waals surface area (Å²) in [6, 6.07) is 0. The van der Waals surface area contributed by atoms with E-state index in [-0.39, 0.29) is 38.6 Å².